The molecule has 1 aliphatic heterocycles. The Bertz CT molecular complexity index is 949. The summed E-state index contributed by atoms with van der Waals surface area (Å²) < 4.78 is 13.2. The molecule has 1 N–H and O–H groups in total. The molecule has 3 heterocycles. The zero-order chi connectivity index (χ0) is 19.2. The highest BCUT2D eigenvalue weighted by atomic mass is 35.5. The molecule has 1 aliphatic rings. The summed E-state index contributed by atoms with van der Waals surface area (Å²) in [6.07, 6.45) is 2.42. The molecular formula is C19H22ClFN6. The third kappa shape index (κ3) is 3.32. The van der Waals surface area contributed by atoms with E-state index in [4.69, 9.17) is 11.6 Å². The van der Waals surface area contributed by atoms with Crippen LogP contribution < -0.4 is 9.80 Å². The minimum Gasteiger partial charge on any atom is -0.348 e. The minimum atomic E-state index is -0.428. The lowest BCUT2D eigenvalue weighted by molar-refractivity contribution is 0.286. The number of aromatic amines is 1. The topological polar surface area (TPSA) is 60.9 Å². The quantitative estimate of drug-likeness (QED) is 0.721. The molecule has 1 aromatic carbocycles. The van der Waals surface area contributed by atoms with Crippen molar-refractivity contribution in [2.75, 3.05) is 29.4 Å². The predicted octanol–water partition coefficient (Wildman–Crippen LogP) is 3.89. The maximum absolute atomic E-state index is 13.2. The van der Waals surface area contributed by atoms with E-state index in [0.717, 1.165) is 29.8 Å². The molecule has 1 saturated heterocycles. The van der Waals surface area contributed by atoms with E-state index >= 15 is 0 Å². The number of piperazine rings is 1. The Balaban J connectivity index is 1.70. The summed E-state index contributed by atoms with van der Waals surface area (Å²) in [6.45, 7) is 8.79. The van der Waals surface area contributed by atoms with Gasteiger partial charge in [-0.05, 0) is 17.5 Å². The maximum atomic E-state index is 13.2. The van der Waals surface area contributed by atoms with Gasteiger partial charge in [-0.25, -0.2) is 14.4 Å². The Hall–Kier alpha value is -2.41. The van der Waals surface area contributed by atoms with Crippen LogP contribution in [0.5, 0.6) is 0 Å². The van der Waals surface area contributed by atoms with Gasteiger partial charge in [0.2, 0.25) is 5.95 Å². The first-order valence-electron chi connectivity index (χ1n) is 8.96. The van der Waals surface area contributed by atoms with E-state index in [1.807, 2.05) is 18.2 Å². The van der Waals surface area contributed by atoms with Crippen LogP contribution >= 0.6 is 11.6 Å². The lowest BCUT2D eigenvalue weighted by Gasteiger charge is -2.47. The van der Waals surface area contributed by atoms with Crippen LogP contribution in [-0.4, -0.2) is 45.8 Å². The summed E-state index contributed by atoms with van der Waals surface area (Å²) in [4.78, 5) is 12.7. The largest absolute Gasteiger partial charge is 0.348 e. The molecule has 0 bridgehead atoms. The molecular weight excluding hydrogens is 367 g/mol. The van der Waals surface area contributed by atoms with Crippen molar-refractivity contribution in [2.24, 2.45) is 5.41 Å². The number of anilines is 2. The van der Waals surface area contributed by atoms with E-state index in [-0.39, 0.29) is 11.5 Å². The second-order valence-corrected chi connectivity index (χ2v) is 8.34. The number of H-pyrrole nitrogens is 1. The van der Waals surface area contributed by atoms with Crippen LogP contribution in [-0.2, 0) is 0 Å². The number of hydrogen-bond donors (Lipinski definition) is 1. The van der Waals surface area contributed by atoms with E-state index in [1.165, 1.54) is 12.4 Å². The number of nitrogens with one attached hydrogen (secondary N) is 1. The average molecular weight is 389 g/mol. The zero-order valence-electron chi connectivity index (χ0n) is 15.6. The van der Waals surface area contributed by atoms with Crippen LogP contribution in [0, 0.1) is 11.2 Å². The number of rotatable bonds is 2. The molecule has 0 amide bonds. The first-order valence-corrected chi connectivity index (χ1v) is 9.34. The van der Waals surface area contributed by atoms with Crippen molar-refractivity contribution >= 4 is 34.3 Å². The van der Waals surface area contributed by atoms with E-state index in [0.29, 0.717) is 17.5 Å². The molecule has 27 heavy (non-hydrogen) atoms. The third-order valence-corrected chi connectivity index (χ3v) is 5.38. The van der Waals surface area contributed by atoms with Gasteiger partial charge in [0.05, 0.1) is 34.4 Å². The van der Waals surface area contributed by atoms with Gasteiger partial charge in [-0.1, -0.05) is 38.4 Å². The van der Waals surface area contributed by atoms with Crippen LogP contribution in [0.15, 0.2) is 30.6 Å². The first kappa shape index (κ1) is 18.0. The Kier molecular flexibility index (Phi) is 4.42. The highest BCUT2D eigenvalue weighted by molar-refractivity contribution is 6.36. The molecule has 0 saturated carbocycles. The Morgan fingerprint density at radius 2 is 1.93 bits per heavy atom. The monoisotopic (exact) mass is 388 g/mol. The molecule has 4 rings (SSSR count). The molecule has 3 aromatic rings. The third-order valence-electron chi connectivity index (χ3n) is 5.06. The Morgan fingerprint density at radius 1 is 1.19 bits per heavy atom. The fraction of sp³-hybridized carbons (Fsp3) is 0.421. The molecule has 2 aromatic heterocycles. The second-order valence-electron chi connectivity index (χ2n) is 7.93. The molecule has 8 heteroatoms. The highest BCUT2D eigenvalue weighted by Gasteiger charge is 2.38. The van der Waals surface area contributed by atoms with E-state index < -0.39 is 5.82 Å². The van der Waals surface area contributed by atoms with Gasteiger partial charge in [-0.2, -0.15) is 5.10 Å². The van der Waals surface area contributed by atoms with Crippen LogP contribution in [0.1, 0.15) is 20.8 Å². The summed E-state index contributed by atoms with van der Waals surface area (Å²) in [5.41, 5.74) is 0.903. The summed E-state index contributed by atoms with van der Waals surface area (Å²) in [7, 11) is 0. The molecule has 6 nitrogen and oxygen atoms in total. The van der Waals surface area contributed by atoms with Crippen LogP contribution in [0.25, 0.3) is 10.9 Å². The van der Waals surface area contributed by atoms with Gasteiger partial charge in [-0.3, -0.25) is 5.10 Å². The summed E-state index contributed by atoms with van der Waals surface area (Å²) in [5, 5.41) is 9.29. The molecule has 0 spiro atoms. The fourth-order valence-corrected chi connectivity index (χ4v) is 3.91. The Labute approximate surface area is 162 Å². The van der Waals surface area contributed by atoms with Gasteiger partial charge in [0.1, 0.15) is 0 Å². The minimum absolute atomic E-state index is 0.0226. The number of halogens is 2. The van der Waals surface area contributed by atoms with Crippen molar-refractivity contribution in [1.82, 2.24) is 20.2 Å². The lowest BCUT2D eigenvalue weighted by atomic mass is 9.84. The van der Waals surface area contributed by atoms with Gasteiger partial charge in [0.15, 0.2) is 11.6 Å². The molecule has 1 atom stereocenters. The van der Waals surface area contributed by atoms with Gasteiger partial charge in [0, 0.05) is 19.6 Å². The van der Waals surface area contributed by atoms with Crippen molar-refractivity contribution in [3.8, 4) is 0 Å². The van der Waals surface area contributed by atoms with Crippen LogP contribution in [0.2, 0.25) is 5.02 Å². The molecule has 1 unspecified atom stereocenters. The van der Waals surface area contributed by atoms with Crippen molar-refractivity contribution in [3.05, 3.63) is 41.4 Å². The second kappa shape index (κ2) is 6.64. The van der Waals surface area contributed by atoms with Crippen molar-refractivity contribution in [2.45, 2.75) is 26.8 Å². The molecule has 142 valence electrons. The lowest BCUT2D eigenvalue weighted by Crippen LogP contribution is -2.58. The number of nitrogens with zero attached hydrogens (tertiary/aromatic N) is 5. The summed E-state index contributed by atoms with van der Waals surface area (Å²) >= 11 is 6.47. The average Bonchev–Trinajstić information content (AvgIpc) is 3.06. The number of hydrogen-bond acceptors (Lipinski definition) is 5. The van der Waals surface area contributed by atoms with Gasteiger partial charge >= 0.3 is 0 Å². The van der Waals surface area contributed by atoms with Crippen molar-refractivity contribution in [1.29, 1.82) is 0 Å². The molecule has 0 aliphatic carbocycles. The molecule has 0 radical (unpaired) electrons. The number of aromatic nitrogens is 4. The SMILES string of the molecule is CC(C)(C)C1CN(c2ncc(F)cn2)CCN1c1n[nH]c2cccc(Cl)c12. The van der Waals surface area contributed by atoms with E-state index in [9.17, 15) is 4.39 Å². The summed E-state index contributed by atoms with van der Waals surface area (Å²) in [6, 6.07) is 5.93. The standard InChI is InChI=1S/C19H22ClFN6/c1-19(2,3)15-11-26(18-22-9-12(21)10-23-18)7-8-27(15)17-16-13(20)5-4-6-14(16)24-25-17/h4-6,9-10,15H,7-8,11H2,1-3H3,(H,24,25). The van der Waals surface area contributed by atoms with Gasteiger partial charge < -0.3 is 9.80 Å². The maximum Gasteiger partial charge on any atom is 0.225 e. The number of fused-ring (bicyclic) bond motifs is 1. The fourth-order valence-electron chi connectivity index (χ4n) is 3.65. The van der Waals surface area contributed by atoms with E-state index in [2.05, 4.69) is 50.7 Å². The zero-order valence-corrected chi connectivity index (χ0v) is 16.3. The molecule has 1 fully saturated rings. The van der Waals surface area contributed by atoms with Crippen LogP contribution in [0.4, 0.5) is 16.2 Å². The Morgan fingerprint density at radius 3 is 2.63 bits per heavy atom. The summed E-state index contributed by atoms with van der Waals surface area (Å²) in [5.74, 6) is 0.993. The van der Waals surface area contributed by atoms with Crippen molar-refractivity contribution in [3.63, 3.8) is 0 Å². The van der Waals surface area contributed by atoms with Gasteiger partial charge in [0.25, 0.3) is 0 Å². The number of benzene rings is 1. The van der Waals surface area contributed by atoms with Crippen LogP contribution in [0.3, 0.4) is 0 Å². The normalized spacial score (nSPS) is 18.3. The van der Waals surface area contributed by atoms with E-state index in [1.54, 1.807) is 0 Å². The predicted molar refractivity (Wildman–Crippen MR) is 106 cm³/mol. The van der Waals surface area contributed by atoms with Crippen molar-refractivity contribution < 1.29 is 4.39 Å². The van der Waals surface area contributed by atoms with Gasteiger partial charge in [-0.15, -0.1) is 0 Å². The smallest absolute Gasteiger partial charge is 0.225 e. The highest BCUT2D eigenvalue weighted by Crippen LogP contribution is 2.37. The first-order chi connectivity index (χ1) is 12.8.